The van der Waals surface area contributed by atoms with Gasteiger partial charge in [0.15, 0.2) is 0 Å². The maximum absolute atomic E-state index is 13.1. The third-order valence-corrected chi connectivity index (χ3v) is 3.87. The Morgan fingerprint density at radius 1 is 1.50 bits per heavy atom. The number of benzene rings is 1. The molecule has 0 aromatic heterocycles. The van der Waals surface area contributed by atoms with Crippen LogP contribution in [0.1, 0.15) is 20.3 Å². The summed E-state index contributed by atoms with van der Waals surface area (Å²) in [7, 11) is 0. The average Bonchev–Trinajstić information content (AvgIpc) is 2.40. The molecule has 108 valence electrons. The molecule has 1 aliphatic rings. The fourth-order valence-electron chi connectivity index (χ4n) is 2.20. The third kappa shape index (κ3) is 2.77. The number of piperazine rings is 1. The summed E-state index contributed by atoms with van der Waals surface area (Å²) in [6.07, 6.45) is 0.766. The van der Waals surface area contributed by atoms with Crippen LogP contribution in [0.25, 0.3) is 0 Å². The second-order valence-electron chi connectivity index (χ2n) is 4.95. The summed E-state index contributed by atoms with van der Waals surface area (Å²) in [5.74, 6) is -0.914. The van der Waals surface area contributed by atoms with Crippen LogP contribution < -0.4 is 10.2 Å². The van der Waals surface area contributed by atoms with Gasteiger partial charge in [-0.05, 0) is 24.1 Å². The molecule has 1 saturated heterocycles. The molecule has 1 aromatic rings. The fourth-order valence-corrected chi connectivity index (χ4v) is 2.46. The number of hydrogen-bond acceptors (Lipinski definition) is 2. The molecule has 0 saturated carbocycles. The topological polar surface area (TPSA) is 49.4 Å². The Kier molecular flexibility index (Phi) is 4.28. The fraction of sp³-hybridized carbons (Fsp3) is 0.429. The van der Waals surface area contributed by atoms with E-state index in [1.165, 1.54) is 17.0 Å². The molecule has 20 heavy (non-hydrogen) atoms. The summed E-state index contributed by atoms with van der Waals surface area (Å²) < 4.78 is 13.1. The van der Waals surface area contributed by atoms with Gasteiger partial charge in [0.1, 0.15) is 18.4 Å². The Balaban J connectivity index is 2.35. The van der Waals surface area contributed by atoms with E-state index in [1.807, 2.05) is 13.8 Å². The number of rotatable bonds is 3. The van der Waals surface area contributed by atoms with Crippen molar-refractivity contribution in [3.63, 3.8) is 0 Å². The van der Waals surface area contributed by atoms with Crippen molar-refractivity contribution >= 4 is 29.1 Å². The van der Waals surface area contributed by atoms with Crippen molar-refractivity contribution in [2.24, 2.45) is 5.92 Å². The lowest BCUT2D eigenvalue weighted by atomic mass is 9.96. The number of amides is 2. The number of carbonyl (C=O) groups is 2. The highest BCUT2D eigenvalue weighted by molar-refractivity contribution is 6.34. The number of hydrogen-bond donors (Lipinski definition) is 1. The van der Waals surface area contributed by atoms with Crippen molar-refractivity contribution in [1.29, 1.82) is 0 Å². The molecular formula is C14H16ClFN2O2. The Labute approximate surface area is 121 Å². The predicted molar refractivity (Wildman–Crippen MR) is 75.1 cm³/mol. The van der Waals surface area contributed by atoms with Gasteiger partial charge in [-0.2, -0.15) is 0 Å². The van der Waals surface area contributed by atoms with Crippen LogP contribution in [0.15, 0.2) is 18.2 Å². The van der Waals surface area contributed by atoms with Crippen LogP contribution in [0.4, 0.5) is 10.1 Å². The standard InChI is InChI=1S/C14H16ClFN2O2/c1-3-8(2)13-14(20)18(7-12(19)17-13)11-5-4-9(16)6-10(11)15/h4-6,8,13H,3,7H2,1-2H3,(H,17,19). The molecule has 0 radical (unpaired) electrons. The Hall–Kier alpha value is -1.62. The number of anilines is 1. The second kappa shape index (κ2) is 5.79. The summed E-state index contributed by atoms with van der Waals surface area (Å²) in [5.41, 5.74) is 0.362. The summed E-state index contributed by atoms with van der Waals surface area (Å²) >= 11 is 5.97. The van der Waals surface area contributed by atoms with Crippen molar-refractivity contribution in [3.8, 4) is 0 Å². The zero-order valence-electron chi connectivity index (χ0n) is 11.3. The molecule has 1 aromatic carbocycles. The minimum atomic E-state index is -0.567. The van der Waals surface area contributed by atoms with Crippen LogP contribution in [0.2, 0.25) is 5.02 Å². The van der Waals surface area contributed by atoms with Gasteiger partial charge >= 0.3 is 0 Å². The lowest BCUT2D eigenvalue weighted by Gasteiger charge is -2.35. The van der Waals surface area contributed by atoms with Gasteiger partial charge in [0.2, 0.25) is 11.8 Å². The van der Waals surface area contributed by atoms with Crippen molar-refractivity contribution in [3.05, 3.63) is 29.0 Å². The number of nitrogens with one attached hydrogen (secondary N) is 1. The van der Waals surface area contributed by atoms with E-state index in [1.54, 1.807) is 0 Å². The van der Waals surface area contributed by atoms with Gasteiger partial charge in [0, 0.05) is 0 Å². The van der Waals surface area contributed by atoms with E-state index in [4.69, 9.17) is 11.6 Å². The maximum atomic E-state index is 13.1. The molecule has 6 heteroatoms. The minimum absolute atomic E-state index is 0.0217. The first-order valence-corrected chi connectivity index (χ1v) is 6.87. The molecule has 1 fully saturated rings. The maximum Gasteiger partial charge on any atom is 0.250 e. The molecule has 2 rings (SSSR count). The normalized spacial score (nSPS) is 20.8. The predicted octanol–water partition coefficient (Wildman–Crippen LogP) is 2.36. The van der Waals surface area contributed by atoms with Gasteiger partial charge in [-0.25, -0.2) is 4.39 Å². The monoisotopic (exact) mass is 298 g/mol. The molecule has 2 amide bonds. The second-order valence-corrected chi connectivity index (χ2v) is 5.36. The summed E-state index contributed by atoms with van der Waals surface area (Å²) in [6.45, 7) is 3.75. The van der Waals surface area contributed by atoms with E-state index in [9.17, 15) is 14.0 Å². The van der Waals surface area contributed by atoms with Crippen molar-refractivity contribution < 1.29 is 14.0 Å². The molecule has 0 spiro atoms. The molecule has 2 unspecified atom stereocenters. The number of carbonyl (C=O) groups excluding carboxylic acids is 2. The van der Waals surface area contributed by atoms with Gasteiger partial charge in [-0.1, -0.05) is 31.9 Å². The van der Waals surface area contributed by atoms with Gasteiger partial charge in [0.25, 0.3) is 0 Å². The third-order valence-electron chi connectivity index (χ3n) is 3.56. The zero-order chi connectivity index (χ0) is 14.9. The van der Waals surface area contributed by atoms with Crippen LogP contribution >= 0.6 is 11.6 Å². The summed E-state index contributed by atoms with van der Waals surface area (Å²) in [5, 5.41) is 2.82. The van der Waals surface area contributed by atoms with Crippen LogP contribution in [0, 0.1) is 11.7 Å². The summed E-state index contributed by atoms with van der Waals surface area (Å²) in [4.78, 5) is 25.6. The first-order chi connectivity index (χ1) is 9.43. The van der Waals surface area contributed by atoms with E-state index in [0.29, 0.717) is 5.69 Å². The highest BCUT2D eigenvalue weighted by Gasteiger charge is 2.36. The van der Waals surface area contributed by atoms with Gasteiger partial charge in [-0.15, -0.1) is 0 Å². The molecule has 1 N–H and O–H groups in total. The highest BCUT2D eigenvalue weighted by atomic mass is 35.5. The van der Waals surface area contributed by atoms with E-state index >= 15 is 0 Å². The zero-order valence-corrected chi connectivity index (χ0v) is 12.1. The van der Waals surface area contributed by atoms with Crippen LogP contribution in [-0.4, -0.2) is 24.4 Å². The van der Waals surface area contributed by atoms with E-state index in [-0.39, 0.29) is 29.3 Å². The van der Waals surface area contributed by atoms with Crippen LogP contribution in [0.3, 0.4) is 0 Å². The molecule has 1 aliphatic heterocycles. The highest BCUT2D eigenvalue weighted by Crippen LogP contribution is 2.29. The van der Waals surface area contributed by atoms with Crippen LogP contribution in [-0.2, 0) is 9.59 Å². The minimum Gasteiger partial charge on any atom is -0.342 e. The van der Waals surface area contributed by atoms with E-state index in [2.05, 4.69) is 5.32 Å². The smallest absolute Gasteiger partial charge is 0.250 e. The van der Waals surface area contributed by atoms with Crippen molar-refractivity contribution in [1.82, 2.24) is 5.32 Å². The lowest BCUT2D eigenvalue weighted by molar-refractivity contribution is -0.132. The SMILES string of the molecule is CCC(C)C1NC(=O)CN(c2ccc(F)cc2Cl)C1=O. The molecular weight excluding hydrogens is 283 g/mol. The first kappa shape index (κ1) is 14.8. The molecule has 0 bridgehead atoms. The van der Waals surface area contributed by atoms with E-state index in [0.717, 1.165) is 12.5 Å². The Morgan fingerprint density at radius 3 is 2.80 bits per heavy atom. The molecule has 4 nitrogen and oxygen atoms in total. The van der Waals surface area contributed by atoms with E-state index < -0.39 is 11.9 Å². The number of halogens is 2. The van der Waals surface area contributed by atoms with Gasteiger partial charge in [-0.3, -0.25) is 14.5 Å². The van der Waals surface area contributed by atoms with Gasteiger partial charge in [0.05, 0.1) is 10.7 Å². The first-order valence-electron chi connectivity index (χ1n) is 6.49. The Morgan fingerprint density at radius 2 is 2.20 bits per heavy atom. The van der Waals surface area contributed by atoms with Crippen molar-refractivity contribution in [2.45, 2.75) is 26.3 Å². The summed E-state index contributed by atoms with van der Waals surface area (Å²) in [6, 6.07) is 3.21. The molecule has 2 atom stereocenters. The number of nitrogens with zero attached hydrogens (tertiary/aromatic N) is 1. The largest absolute Gasteiger partial charge is 0.342 e. The molecule has 0 aliphatic carbocycles. The average molecular weight is 299 g/mol. The van der Waals surface area contributed by atoms with Crippen LogP contribution in [0.5, 0.6) is 0 Å². The molecule has 1 heterocycles. The quantitative estimate of drug-likeness (QED) is 0.931. The lowest BCUT2D eigenvalue weighted by Crippen LogP contribution is -2.60. The van der Waals surface area contributed by atoms with Crippen molar-refractivity contribution in [2.75, 3.05) is 11.4 Å². The Bertz CT molecular complexity index is 550. The van der Waals surface area contributed by atoms with Gasteiger partial charge < -0.3 is 5.32 Å².